The molecule has 1 amide bonds. The molecule has 6 nitrogen and oxygen atoms in total. The van der Waals surface area contributed by atoms with Crippen LogP contribution in [0.3, 0.4) is 0 Å². The highest BCUT2D eigenvalue weighted by atomic mass is 16.3. The number of aliphatic hydroxyl groups is 1. The number of benzene rings is 2. The first kappa shape index (κ1) is 16.4. The second kappa shape index (κ2) is 7.33. The summed E-state index contributed by atoms with van der Waals surface area (Å²) in [6, 6.07) is 10.2. The number of hydrogen-bond acceptors (Lipinski definition) is 5. The number of aromatic hydroxyl groups is 3. The number of phenols is 3. The van der Waals surface area contributed by atoms with Crippen molar-refractivity contribution in [3.63, 3.8) is 0 Å². The van der Waals surface area contributed by atoms with Gasteiger partial charge in [-0.2, -0.15) is 0 Å². The highest BCUT2D eigenvalue weighted by Gasteiger charge is 2.08. The summed E-state index contributed by atoms with van der Waals surface area (Å²) in [6.45, 7) is 0.0226. The van der Waals surface area contributed by atoms with Crippen molar-refractivity contribution >= 4 is 12.0 Å². The molecule has 2 rings (SSSR count). The SMILES string of the molecule is O=C(/C=C/c1ccc(O)c(O)c1)NC[C@H](O)c1ccc(O)cc1. The zero-order valence-electron chi connectivity index (χ0n) is 12.2. The Hall–Kier alpha value is -2.99. The third-order valence-electron chi connectivity index (χ3n) is 3.17. The lowest BCUT2D eigenvalue weighted by atomic mass is 10.1. The van der Waals surface area contributed by atoms with Gasteiger partial charge < -0.3 is 25.7 Å². The van der Waals surface area contributed by atoms with Gasteiger partial charge in [0.1, 0.15) is 5.75 Å². The molecule has 0 spiro atoms. The van der Waals surface area contributed by atoms with Crippen LogP contribution in [0.25, 0.3) is 6.08 Å². The molecule has 2 aromatic carbocycles. The Labute approximate surface area is 133 Å². The molecule has 0 heterocycles. The summed E-state index contributed by atoms with van der Waals surface area (Å²) in [7, 11) is 0. The molecule has 0 aromatic heterocycles. The van der Waals surface area contributed by atoms with Crippen LogP contribution in [-0.2, 0) is 4.79 Å². The molecule has 0 fully saturated rings. The summed E-state index contributed by atoms with van der Waals surface area (Å²) in [6.07, 6.45) is 1.85. The number of aliphatic hydroxyl groups excluding tert-OH is 1. The summed E-state index contributed by atoms with van der Waals surface area (Å²) >= 11 is 0. The van der Waals surface area contributed by atoms with Gasteiger partial charge in [-0.15, -0.1) is 0 Å². The number of nitrogens with one attached hydrogen (secondary N) is 1. The van der Waals surface area contributed by atoms with Crippen LogP contribution in [0.4, 0.5) is 0 Å². The van der Waals surface area contributed by atoms with Crippen molar-refractivity contribution in [1.82, 2.24) is 5.32 Å². The van der Waals surface area contributed by atoms with Crippen molar-refractivity contribution in [1.29, 1.82) is 0 Å². The Balaban J connectivity index is 1.88. The lowest BCUT2D eigenvalue weighted by Crippen LogP contribution is -2.26. The fourth-order valence-electron chi connectivity index (χ4n) is 1.89. The van der Waals surface area contributed by atoms with Crippen molar-refractivity contribution < 1.29 is 25.2 Å². The highest BCUT2D eigenvalue weighted by molar-refractivity contribution is 5.91. The molecule has 1 atom stereocenters. The summed E-state index contributed by atoms with van der Waals surface area (Å²) in [5.41, 5.74) is 1.13. The van der Waals surface area contributed by atoms with E-state index in [1.807, 2.05) is 0 Å². The monoisotopic (exact) mass is 315 g/mol. The molecule has 6 heteroatoms. The third kappa shape index (κ3) is 4.76. The maximum atomic E-state index is 11.7. The van der Waals surface area contributed by atoms with Crippen LogP contribution in [-0.4, -0.2) is 32.9 Å². The topological polar surface area (TPSA) is 110 Å². The van der Waals surface area contributed by atoms with E-state index in [1.165, 1.54) is 36.4 Å². The maximum Gasteiger partial charge on any atom is 0.244 e. The minimum Gasteiger partial charge on any atom is -0.508 e. The molecule has 0 radical (unpaired) electrons. The fraction of sp³-hybridized carbons (Fsp3) is 0.118. The van der Waals surface area contributed by atoms with Crippen LogP contribution in [0.2, 0.25) is 0 Å². The van der Waals surface area contributed by atoms with Gasteiger partial charge >= 0.3 is 0 Å². The Morgan fingerprint density at radius 1 is 1.04 bits per heavy atom. The fourth-order valence-corrected chi connectivity index (χ4v) is 1.89. The van der Waals surface area contributed by atoms with Gasteiger partial charge in [0.2, 0.25) is 5.91 Å². The van der Waals surface area contributed by atoms with E-state index < -0.39 is 12.0 Å². The quantitative estimate of drug-likeness (QED) is 0.426. The van der Waals surface area contributed by atoms with Gasteiger partial charge in [-0.3, -0.25) is 4.79 Å². The van der Waals surface area contributed by atoms with Crippen LogP contribution in [0.5, 0.6) is 17.2 Å². The zero-order chi connectivity index (χ0) is 16.8. The average Bonchev–Trinajstić information content (AvgIpc) is 2.54. The molecule has 0 aliphatic carbocycles. The molecule has 0 bridgehead atoms. The van der Waals surface area contributed by atoms with Crippen molar-refractivity contribution in [2.24, 2.45) is 0 Å². The number of carbonyl (C=O) groups is 1. The highest BCUT2D eigenvalue weighted by Crippen LogP contribution is 2.25. The van der Waals surface area contributed by atoms with Gasteiger partial charge in [-0.1, -0.05) is 18.2 Å². The zero-order valence-corrected chi connectivity index (χ0v) is 12.2. The molecular formula is C17H17NO5. The number of amides is 1. The molecule has 120 valence electrons. The van der Waals surface area contributed by atoms with Crippen molar-refractivity contribution in [3.05, 3.63) is 59.7 Å². The standard InChI is InChI=1S/C17H17NO5/c19-13-5-3-12(4-6-13)16(22)10-18-17(23)8-2-11-1-7-14(20)15(21)9-11/h1-9,16,19-22H,10H2,(H,18,23)/b8-2+/t16-/m0/s1. The first-order chi connectivity index (χ1) is 11.0. The van der Waals surface area contributed by atoms with Gasteiger partial charge in [0.25, 0.3) is 0 Å². The van der Waals surface area contributed by atoms with Gasteiger partial charge in [-0.05, 0) is 41.5 Å². The van der Waals surface area contributed by atoms with Gasteiger partial charge in [-0.25, -0.2) is 0 Å². The molecule has 2 aromatic rings. The lowest BCUT2D eigenvalue weighted by molar-refractivity contribution is -0.116. The Morgan fingerprint density at radius 3 is 2.39 bits per heavy atom. The van der Waals surface area contributed by atoms with E-state index in [0.717, 1.165) is 0 Å². The van der Waals surface area contributed by atoms with Crippen LogP contribution >= 0.6 is 0 Å². The van der Waals surface area contributed by atoms with Crippen molar-refractivity contribution in [2.45, 2.75) is 6.10 Å². The van der Waals surface area contributed by atoms with Crippen LogP contribution in [0, 0.1) is 0 Å². The molecule has 0 unspecified atom stereocenters. The molecule has 5 N–H and O–H groups in total. The molecule has 0 aliphatic rings. The molecular weight excluding hydrogens is 298 g/mol. The second-order valence-electron chi connectivity index (χ2n) is 4.93. The van der Waals surface area contributed by atoms with E-state index in [2.05, 4.69) is 5.32 Å². The number of rotatable bonds is 5. The van der Waals surface area contributed by atoms with Gasteiger partial charge in [0.15, 0.2) is 11.5 Å². The molecule has 0 saturated heterocycles. The van der Waals surface area contributed by atoms with E-state index in [-0.39, 0.29) is 23.8 Å². The number of hydrogen-bond donors (Lipinski definition) is 5. The minimum absolute atomic E-state index is 0.0226. The summed E-state index contributed by atoms with van der Waals surface area (Å²) in [5, 5.41) is 40.2. The predicted molar refractivity (Wildman–Crippen MR) is 84.9 cm³/mol. The first-order valence-electron chi connectivity index (χ1n) is 6.90. The van der Waals surface area contributed by atoms with Crippen molar-refractivity contribution in [3.8, 4) is 17.2 Å². The van der Waals surface area contributed by atoms with Crippen molar-refractivity contribution in [2.75, 3.05) is 6.54 Å². The first-order valence-corrected chi connectivity index (χ1v) is 6.90. The third-order valence-corrected chi connectivity index (χ3v) is 3.17. The normalized spacial score (nSPS) is 12.2. The Kier molecular flexibility index (Phi) is 5.22. The predicted octanol–water partition coefficient (Wildman–Crippen LogP) is 1.67. The number of phenolic OH excluding ortho intramolecular Hbond substituents is 3. The summed E-state index contributed by atoms with van der Waals surface area (Å²) < 4.78 is 0. The van der Waals surface area contributed by atoms with E-state index in [4.69, 9.17) is 0 Å². The molecule has 23 heavy (non-hydrogen) atoms. The Morgan fingerprint density at radius 2 is 1.74 bits per heavy atom. The smallest absolute Gasteiger partial charge is 0.244 e. The van der Waals surface area contributed by atoms with Crippen LogP contribution < -0.4 is 5.32 Å². The van der Waals surface area contributed by atoms with Crippen LogP contribution in [0.1, 0.15) is 17.2 Å². The lowest BCUT2D eigenvalue weighted by Gasteiger charge is -2.11. The summed E-state index contributed by atoms with van der Waals surface area (Å²) in [4.78, 5) is 11.7. The minimum atomic E-state index is -0.884. The number of carbonyl (C=O) groups excluding carboxylic acids is 1. The molecule has 0 aliphatic heterocycles. The second-order valence-corrected chi connectivity index (χ2v) is 4.93. The maximum absolute atomic E-state index is 11.7. The largest absolute Gasteiger partial charge is 0.508 e. The van der Waals surface area contributed by atoms with Crippen LogP contribution in [0.15, 0.2) is 48.5 Å². The van der Waals surface area contributed by atoms with Gasteiger partial charge in [0.05, 0.1) is 6.10 Å². The van der Waals surface area contributed by atoms with E-state index in [1.54, 1.807) is 18.2 Å². The average molecular weight is 315 g/mol. The van der Waals surface area contributed by atoms with E-state index >= 15 is 0 Å². The van der Waals surface area contributed by atoms with E-state index in [0.29, 0.717) is 11.1 Å². The summed E-state index contributed by atoms with van der Waals surface area (Å²) in [5.74, 6) is -0.806. The van der Waals surface area contributed by atoms with E-state index in [9.17, 15) is 25.2 Å². The Bertz CT molecular complexity index is 709. The molecule has 0 saturated carbocycles. The van der Waals surface area contributed by atoms with Gasteiger partial charge in [0, 0.05) is 12.6 Å².